The molecule has 0 unspecified atom stereocenters. The molecule has 0 saturated heterocycles. The number of carbonyl (C=O) groups is 1. The monoisotopic (exact) mass is 369 g/mol. The summed E-state index contributed by atoms with van der Waals surface area (Å²) in [4.78, 5) is 17.0. The first-order chi connectivity index (χ1) is 12.6. The van der Waals surface area contributed by atoms with Crippen LogP contribution in [0.1, 0.15) is 23.0 Å². The predicted molar refractivity (Wildman–Crippen MR) is 101 cm³/mol. The van der Waals surface area contributed by atoms with Gasteiger partial charge in [-0.05, 0) is 35.4 Å². The number of amides is 1. The van der Waals surface area contributed by atoms with E-state index in [2.05, 4.69) is 10.3 Å². The fraction of sp³-hybridized carbons (Fsp3) is 0.200. The number of benzene rings is 2. The lowest BCUT2D eigenvalue weighted by atomic mass is 10.0. The summed E-state index contributed by atoms with van der Waals surface area (Å²) in [6.07, 6.45) is 3.85. The van der Waals surface area contributed by atoms with Crippen LogP contribution in [0.2, 0.25) is 5.02 Å². The van der Waals surface area contributed by atoms with Crippen molar-refractivity contribution in [1.82, 2.24) is 14.9 Å². The lowest BCUT2D eigenvalue weighted by Gasteiger charge is -2.19. The highest BCUT2D eigenvalue weighted by Crippen LogP contribution is 2.23. The Balaban J connectivity index is 1.82. The van der Waals surface area contributed by atoms with Gasteiger partial charge in [-0.1, -0.05) is 35.9 Å². The number of aromatic nitrogens is 2. The van der Waals surface area contributed by atoms with Crippen LogP contribution < -0.4 is 10.1 Å². The first-order valence-electron chi connectivity index (χ1n) is 8.22. The van der Waals surface area contributed by atoms with Gasteiger partial charge >= 0.3 is 0 Å². The van der Waals surface area contributed by atoms with Gasteiger partial charge in [-0.3, -0.25) is 4.79 Å². The number of nitrogens with zero attached hydrogens (tertiary/aromatic N) is 2. The molecule has 134 valence electrons. The Morgan fingerprint density at radius 2 is 1.88 bits per heavy atom. The summed E-state index contributed by atoms with van der Waals surface area (Å²) < 4.78 is 7.11. The van der Waals surface area contributed by atoms with Gasteiger partial charge in [0.25, 0.3) is 0 Å². The maximum atomic E-state index is 12.6. The van der Waals surface area contributed by atoms with Crippen molar-refractivity contribution in [2.75, 3.05) is 7.11 Å². The summed E-state index contributed by atoms with van der Waals surface area (Å²) in [5.41, 5.74) is 1.84. The van der Waals surface area contributed by atoms with Crippen LogP contribution >= 0.6 is 11.6 Å². The van der Waals surface area contributed by atoms with Crippen molar-refractivity contribution in [2.24, 2.45) is 7.05 Å². The van der Waals surface area contributed by atoms with Crippen molar-refractivity contribution < 1.29 is 9.53 Å². The summed E-state index contributed by atoms with van der Waals surface area (Å²) in [6.45, 7) is 0. The maximum Gasteiger partial charge on any atom is 0.225 e. The van der Waals surface area contributed by atoms with E-state index in [1.165, 1.54) is 0 Å². The number of hydrogen-bond donors (Lipinski definition) is 1. The van der Waals surface area contributed by atoms with Gasteiger partial charge in [-0.25, -0.2) is 4.98 Å². The Morgan fingerprint density at radius 1 is 1.19 bits per heavy atom. The van der Waals surface area contributed by atoms with Gasteiger partial charge < -0.3 is 14.6 Å². The molecule has 0 aliphatic heterocycles. The number of carbonyl (C=O) groups excluding carboxylic acids is 1. The lowest BCUT2D eigenvalue weighted by molar-refractivity contribution is -0.121. The van der Waals surface area contributed by atoms with Crippen molar-refractivity contribution >= 4 is 17.5 Å². The molecule has 0 fully saturated rings. The first-order valence-corrected chi connectivity index (χ1v) is 8.59. The number of ether oxygens (including phenoxy) is 1. The Bertz CT molecular complexity index is 873. The molecule has 0 bridgehead atoms. The molecule has 3 rings (SSSR count). The molecule has 6 heteroatoms. The molecule has 0 saturated carbocycles. The third-order valence-corrected chi connectivity index (χ3v) is 4.40. The van der Waals surface area contributed by atoms with Gasteiger partial charge in [0.1, 0.15) is 17.6 Å². The number of hydrogen-bond acceptors (Lipinski definition) is 3. The molecule has 26 heavy (non-hydrogen) atoms. The van der Waals surface area contributed by atoms with Crippen LogP contribution in [0, 0.1) is 0 Å². The summed E-state index contributed by atoms with van der Waals surface area (Å²) >= 11 is 5.90. The van der Waals surface area contributed by atoms with E-state index in [1.54, 1.807) is 25.4 Å². The largest absolute Gasteiger partial charge is 0.497 e. The third-order valence-electron chi connectivity index (χ3n) is 4.15. The second-order valence-corrected chi connectivity index (χ2v) is 6.41. The smallest absolute Gasteiger partial charge is 0.225 e. The van der Waals surface area contributed by atoms with Crippen LogP contribution in [0.15, 0.2) is 60.9 Å². The van der Waals surface area contributed by atoms with E-state index < -0.39 is 0 Å². The van der Waals surface area contributed by atoms with E-state index in [0.717, 1.165) is 22.7 Å². The van der Waals surface area contributed by atoms with Crippen LogP contribution in [0.25, 0.3) is 0 Å². The Kier molecular flexibility index (Phi) is 5.58. The van der Waals surface area contributed by atoms with Gasteiger partial charge in [-0.2, -0.15) is 0 Å². The van der Waals surface area contributed by atoms with Crippen LogP contribution in [0.4, 0.5) is 0 Å². The number of halogens is 1. The zero-order valence-corrected chi connectivity index (χ0v) is 15.4. The minimum atomic E-state index is -0.347. The zero-order chi connectivity index (χ0) is 18.5. The fourth-order valence-corrected chi connectivity index (χ4v) is 2.87. The van der Waals surface area contributed by atoms with Crippen LogP contribution in [0.5, 0.6) is 5.75 Å². The van der Waals surface area contributed by atoms with Gasteiger partial charge in [0.05, 0.1) is 13.5 Å². The number of nitrogens with one attached hydrogen (secondary N) is 1. The van der Waals surface area contributed by atoms with E-state index in [-0.39, 0.29) is 18.4 Å². The molecule has 0 spiro atoms. The predicted octanol–water partition coefficient (Wildman–Crippen LogP) is 3.53. The quantitative estimate of drug-likeness (QED) is 0.723. The molecule has 2 aromatic carbocycles. The normalized spacial score (nSPS) is 11.8. The van der Waals surface area contributed by atoms with Gasteiger partial charge in [0.2, 0.25) is 5.91 Å². The molecule has 1 atom stereocenters. The van der Waals surface area contributed by atoms with Crippen molar-refractivity contribution in [3.05, 3.63) is 82.9 Å². The minimum Gasteiger partial charge on any atom is -0.497 e. The van der Waals surface area contributed by atoms with Gasteiger partial charge in [0.15, 0.2) is 0 Å². The number of imidazole rings is 1. The second-order valence-electron chi connectivity index (χ2n) is 5.97. The zero-order valence-electron chi connectivity index (χ0n) is 14.6. The lowest BCUT2D eigenvalue weighted by Crippen LogP contribution is -2.32. The number of aryl methyl sites for hydroxylation is 1. The van der Waals surface area contributed by atoms with Crippen molar-refractivity contribution in [2.45, 2.75) is 12.5 Å². The molecular formula is C20H20ClN3O2. The first kappa shape index (κ1) is 18.0. The molecule has 0 aliphatic carbocycles. The fourth-order valence-electron chi connectivity index (χ4n) is 2.75. The van der Waals surface area contributed by atoms with Crippen molar-refractivity contribution in [1.29, 1.82) is 0 Å². The Labute approximate surface area is 157 Å². The average molecular weight is 370 g/mol. The highest BCUT2D eigenvalue weighted by molar-refractivity contribution is 6.30. The topological polar surface area (TPSA) is 56.1 Å². The average Bonchev–Trinajstić information content (AvgIpc) is 3.07. The molecule has 1 N–H and O–H groups in total. The summed E-state index contributed by atoms with van der Waals surface area (Å²) in [7, 11) is 3.53. The summed E-state index contributed by atoms with van der Waals surface area (Å²) in [6, 6.07) is 14.5. The highest BCUT2D eigenvalue weighted by Gasteiger charge is 2.21. The molecular weight excluding hydrogens is 350 g/mol. The van der Waals surface area contributed by atoms with Gasteiger partial charge in [-0.15, -0.1) is 0 Å². The van der Waals surface area contributed by atoms with E-state index in [4.69, 9.17) is 16.3 Å². The minimum absolute atomic E-state index is 0.0869. The second kappa shape index (κ2) is 8.06. The van der Waals surface area contributed by atoms with Crippen molar-refractivity contribution in [3.63, 3.8) is 0 Å². The van der Waals surface area contributed by atoms with E-state index >= 15 is 0 Å². The summed E-state index contributed by atoms with van der Waals surface area (Å²) in [5.74, 6) is 1.44. The number of rotatable bonds is 6. The van der Waals surface area contributed by atoms with E-state index in [1.807, 2.05) is 54.2 Å². The third kappa shape index (κ3) is 4.24. The molecule has 0 radical (unpaired) electrons. The molecule has 1 amide bonds. The maximum absolute atomic E-state index is 12.6. The Morgan fingerprint density at radius 3 is 2.46 bits per heavy atom. The van der Waals surface area contributed by atoms with Crippen LogP contribution in [0.3, 0.4) is 0 Å². The molecule has 0 aliphatic rings. The number of methoxy groups -OCH3 is 1. The molecule has 1 aromatic heterocycles. The Hall–Kier alpha value is -2.79. The standard InChI is InChI=1S/C20H20ClN3O2/c1-24-12-11-22-20(24)19(15-5-9-17(26-2)10-6-15)23-18(25)13-14-3-7-16(21)8-4-14/h3-12,19H,13H2,1-2H3,(H,23,25)/t19-/m0/s1. The highest BCUT2D eigenvalue weighted by atomic mass is 35.5. The molecule has 1 heterocycles. The van der Waals surface area contributed by atoms with Crippen LogP contribution in [-0.2, 0) is 18.3 Å². The van der Waals surface area contributed by atoms with Crippen molar-refractivity contribution in [3.8, 4) is 5.75 Å². The SMILES string of the molecule is COc1ccc([C@H](NC(=O)Cc2ccc(Cl)cc2)c2nccn2C)cc1. The van der Waals surface area contributed by atoms with E-state index in [0.29, 0.717) is 5.02 Å². The van der Waals surface area contributed by atoms with Gasteiger partial charge in [0, 0.05) is 24.5 Å². The molecule has 5 nitrogen and oxygen atoms in total. The summed E-state index contributed by atoms with van der Waals surface area (Å²) in [5, 5.41) is 3.73. The van der Waals surface area contributed by atoms with Crippen LogP contribution in [-0.4, -0.2) is 22.6 Å². The molecule has 3 aromatic rings. The van der Waals surface area contributed by atoms with E-state index in [9.17, 15) is 4.79 Å².